The zero-order chi connectivity index (χ0) is 5.86. The molecule has 0 aromatic carbocycles. The molecule has 0 fully saturated rings. The van der Waals surface area contributed by atoms with Crippen LogP contribution in [0.5, 0.6) is 0 Å². The van der Waals surface area contributed by atoms with Gasteiger partial charge < -0.3 is 15.9 Å². The number of nitrogens with two attached hydrogens (primary N) is 1. The Labute approximate surface area is 40.6 Å². The topological polar surface area (TPSA) is 83.5 Å². The molecule has 0 aliphatic rings. The fraction of sp³-hybridized carbons (Fsp3) is 0.667. The van der Waals surface area contributed by atoms with E-state index in [0.29, 0.717) is 0 Å². The Morgan fingerprint density at radius 1 is 1.86 bits per heavy atom. The monoisotopic (exact) mass is 106 g/mol. The third-order valence-corrected chi connectivity index (χ3v) is 0.514. The average molecular weight is 106 g/mol. The van der Waals surface area contributed by atoms with Gasteiger partial charge in [0, 0.05) is 0 Å². The molecular weight excluding hydrogens is 99.0 g/mol. The molecule has 0 saturated heterocycles. The first-order valence-electron chi connectivity index (χ1n) is 1.77. The van der Waals surface area contributed by atoms with Gasteiger partial charge in [0.1, 0.15) is 6.04 Å². The third kappa shape index (κ3) is 2.13. The Morgan fingerprint density at radius 2 is 2.29 bits per heavy atom. The van der Waals surface area contributed by atoms with E-state index in [1.807, 2.05) is 0 Å². The van der Waals surface area contributed by atoms with Gasteiger partial charge in [0.05, 0.1) is 6.61 Å². The SMILES string of the molecule is N[C@H]([13CH2]O)C(=O)O. The summed E-state index contributed by atoms with van der Waals surface area (Å²) >= 11 is 0. The highest BCUT2D eigenvalue weighted by molar-refractivity contribution is 5.73. The molecule has 0 radical (unpaired) electrons. The van der Waals surface area contributed by atoms with E-state index in [2.05, 4.69) is 0 Å². The lowest BCUT2D eigenvalue weighted by atomic mass is 10.5. The fourth-order valence-corrected chi connectivity index (χ4v) is 0.0781. The second-order valence-corrected chi connectivity index (χ2v) is 1.13. The van der Waals surface area contributed by atoms with Gasteiger partial charge in [-0.15, -0.1) is 0 Å². The van der Waals surface area contributed by atoms with Crippen molar-refractivity contribution < 1.29 is 15.0 Å². The third-order valence-electron chi connectivity index (χ3n) is 0.514. The Morgan fingerprint density at radius 3 is 2.29 bits per heavy atom. The molecule has 42 valence electrons. The Kier molecular flexibility index (Phi) is 2.32. The van der Waals surface area contributed by atoms with E-state index in [0.717, 1.165) is 0 Å². The Bertz CT molecular complexity index is 72.6. The van der Waals surface area contributed by atoms with E-state index >= 15 is 0 Å². The van der Waals surface area contributed by atoms with Crippen molar-refractivity contribution in [3.63, 3.8) is 0 Å². The fourth-order valence-electron chi connectivity index (χ4n) is 0.0781. The molecule has 4 N–H and O–H groups in total. The number of hydrogen-bond acceptors (Lipinski definition) is 3. The van der Waals surface area contributed by atoms with Crippen LogP contribution in [0, 0.1) is 0 Å². The van der Waals surface area contributed by atoms with Crippen molar-refractivity contribution in [3.8, 4) is 0 Å². The summed E-state index contributed by atoms with van der Waals surface area (Å²) in [6, 6.07) is -1.13. The molecule has 0 spiro atoms. The van der Waals surface area contributed by atoms with Crippen molar-refractivity contribution in [3.05, 3.63) is 0 Å². The number of hydrogen-bond donors (Lipinski definition) is 3. The lowest BCUT2D eigenvalue weighted by Gasteiger charge is -1.96. The van der Waals surface area contributed by atoms with Gasteiger partial charge in [0.15, 0.2) is 0 Å². The minimum absolute atomic E-state index is 0.505. The lowest BCUT2D eigenvalue weighted by molar-refractivity contribution is -0.139. The number of rotatable bonds is 2. The molecule has 0 aliphatic heterocycles. The standard InChI is InChI=1S/C3H7NO3/c4-2(1-5)3(6)7/h2,5H,1,4H2,(H,6,7)/t2-/m1/s1/i1+1. The van der Waals surface area contributed by atoms with Crippen molar-refractivity contribution >= 4 is 5.97 Å². The minimum atomic E-state index is -1.18. The van der Waals surface area contributed by atoms with Crippen molar-refractivity contribution in [1.82, 2.24) is 0 Å². The summed E-state index contributed by atoms with van der Waals surface area (Å²) < 4.78 is 0. The van der Waals surface area contributed by atoms with Crippen molar-refractivity contribution in [2.45, 2.75) is 6.04 Å². The molecule has 1 atom stereocenters. The zero-order valence-electron chi connectivity index (χ0n) is 3.66. The first-order valence-corrected chi connectivity index (χ1v) is 1.77. The van der Waals surface area contributed by atoms with Crippen LogP contribution < -0.4 is 5.73 Å². The highest BCUT2D eigenvalue weighted by Gasteiger charge is 2.06. The van der Waals surface area contributed by atoms with Crippen LogP contribution in [-0.2, 0) is 4.79 Å². The van der Waals surface area contributed by atoms with E-state index < -0.39 is 18.6 Å². The minimum Gasteiger partial charge on any atom is -0.480 e. The number of aliphatic hydroxyl groups is 1. The van der Waals surface area contributed by atoms with Crippen molar-refractivity contribution in [2.24, 2.45) is 5.73 Å². The zero-order valence-corrected chi connectivity index (χ0v) is 3.66. The molecule has 0 aromatic rings. The summed E-state index contributed by atoms with van der Waals surface area (Å²) in [5.74, 6) is -1.18. The molecule has 0 aliphatic carbocycles. The lowest BCUT2D eigenvalue weighted by Crippen LogP contribution is -2.33. The molecule has 7 heavy (non-hydrogen) atoms. The number of carbonyl (C=O) groups is 1. The number of carboxylic acids is 1. The van der Waals surface area contributed by atoms with Crippen LogP contribution in [0.4, 0.5) is 0 Å². The Hall–Kier alpha value is -0.610. The highest BCUT2D eigenvalue weighted by Crippen LogP contribution is 1.71. The normalized spacial score (nSPS) is 13.4. The van der Waals surface area contributed by atoms with Crippen LogP contribution in [0.2, 0.25) is 0 Å². The summed E-state index contributed by atoms with van der Waals surface area (Å²) in [7, 11) is 0. The summed E-state index contributed by atoms with van der Waals surface area (Å²) in [5.41, 5.74) is 4.77. The molecule has 4 heteroatoms. The second-order valence-electron chi connectivity index (χ2n) is 1.13. The largest absolute Gasteiger partial charge is 0.480 e. The van der Waals surface area contributed by atoms with E-state index in [-0.39, 0.29) is 0 Å². The highest BCUT2D eigenvalue weighted by atomic mass is 16.4. The molecule has 0 amide bonds. The van der Waals surface area contributed by atoms with Crippen LogP contribution in [0.3, 0.4) is 0 Å². The van der Waals surface area contributed by atoms with Gasteiger partial charge in [-0.3, -0.25) is 4.79 Å². The van der Waals surface area contributed by atoms with Crippen LogP contribution >= 0.6 is 0 Å². The van der Waals surface area contributed by atoms with Crippen molar-refractivity contribution in [1.29, 1.82) is 0 Å². The quantitative estimate of drug-likeness (QED) is 0.370. The summed E-state index contributed by atoms with van der Waals surface area (Å²) in [6.07, 6.45) is 0. The maximum atomic E-state index is 9.65. The summed E-state index contributed by atoms with van der Waals surface area (Å²) in [4.78, 5) is 9.65. The molecule has 0 rings (SSSR count). The van der Waals surface area contributed by atoms with Gasteiger partial charge >= 0.3 is 5.97 Å². The van der Waals surface area contributed by atoms with E-state index in [4.69, 9.17) is 15.9 Å². The van der Waals surface area contributed by atoms with Gasteiger partial charge in [-0.1, -0.05) is 0 Å². The predicted molar refractivity (Wildman–Crippen MR) is 22.7 cm³/mol. The van der Waals surface area contributed by atoms with E-state index in [1.165, 1.54) is 0 Å². The summed E-state index contributed by atoms with van der Waals surface area (Å²) in [6.45, 7) is -0.505. The van der Waals surface area contributed by atoms with Crippen molar-refractivity contribution in [2.75, 3.05) is 6.61 Å². The molecule has 0 unspecified atom stereocenters. The number of aliphatic hydroxyl groups excluding tert-OH is 1. The molecular formula is C3H7NO3. The number of aliphatic carboxylic acids is 1. The van der Waals surface area contributed by atoms with Gasteiger partial charge in [0.25, 0.3) is 0 Å². The van der Waals surface area contributed by atoms with Gasteiger partial charge in [0.2, 0.25) is 0 Å². The maximum Gasteiger partial charge on any atom is 0.322 e. The van der Waals surface area contributed by atoms with Crippen LogP contribution in [0.15, 0.2) is 0 Å². The Balaban J connectivity index is 3.34. The van der Waals surface area contributed by atoms with Crippen LogP contribution in [0.25, 0.3) is 0 Å². The van der Waals surface area contributed by atoms with Crippen LogP contribution in [0.1, 0.15) is 0 Å². The second kappa shape index (κ2) is 2.54. The molecule has 0 heterocycles. The summed E-state index contributed by atoms with van der Waals surface area (Å²) in [5, 5.41) is 15.9. The van der Waals surface area contributed by atoms with Crippen LogP contribution in [-0.4, -0.2) is 28.8 Å². The molecule has 0 bridgehead atoms. The van der Waals surface area contributed by atoms with E-state index in [9.17, 15) is 4.79 Å². The molecule has 4 nitrogen and oxygen atoms in total. The first kappa shape index (κ1) is 6.39. The van der Waals surface area contributed by atoms with Gasteiger partial charge in [-0.2, -0.15) is 0 Å². The average Bonchev–Trinajstić information content (AvgIpc) is 1.65. The van der Waals surface area contributed by atoms with E-state index in [1.54, 1.807) is 0 Å². The predicted octanol–water partition coefficient (Wildman–Crippen LogP) is -1.61. The smallest absolute Gasteiger partial charge is 0.322 e. The van der Waals surface area contributed by atoms with Gasteiger partial charge in [-0.25, -0.2) is 0 Å². The first-order chi connectivity index (χ1) is 3.18. The maximum absolute atomic E-state index is 9.65. The van der Waals surface area contributed by atoms with Gasteiger partial charge in [-0.05, 0) is 0 Å². The molecule has 0 saturated carbocycles. The molecule has 0 aromatic heterocycles. The number of carboxylic acid groups (broad SMARTS) is 1.